The largest absolute Gasteiger partial charge is 0.257 e. The van der Waals surface area contributed by atoms with Gasteiger partial charge < -0.3 is 0 Å². The maximum atomic E-state index is 4.78. The Morgan fingerprint density at radius 1 is 1.27 bits per heavy atom. The van der Waals surface area contributed by atoms with Crippen LogP contribution < -0.4 is 0 Å². The van der Waals surface area contributed by atoms with E-state index in [1.165, 1.54) is 28.1 Å². The monoisotopic (exact) mass is 193 g/mol. The molecule has 1 unspecified atom stereocenters. The molecule has 1 aliphatic carbocycles. The van der Waals surface area contributed by atoms with Crippen molar-refractivity contribution >= 4 is 11.8 Å². The summed E-state index contributed by atoms with van der Waals surface area (Å²) in [6, 6.07) is 6.61. The lowest BCUT2D eigenvalue weighted by molar-refractivity contribution is 0.930. The second-order valence-electron chi connectivity index (χ2n) is 4.37. The third-order valence-corrected chi connectivity index (χ3v) is 3.56. The minimum Gasteiger partial charge on any atom is -0.257 e. The van der Waals surface area contributed by atoms with Gasteiger partial charge in [0.2, 0.25) is 0 Å². The van der Waals surface area contributed by atoms with Crippen molar-refractivity contribution in [1.82, 2.24) is 0 Å². The summed E-state index contributed by atoms with van der Waals surface area (Å²) in [5, 5.41) is 0. The predicted molar refractivity (Wildman–Crippen MR) is 62.1 cm³/mol. The Hall–Kier alpha value is -1.63. The van der Waals surface area contributed by atoms with E-state index < -0.39 is 0 Å². The first-order valence-corrected chi connectivity index (χ1v) is 5.52. The topological polar surface area (TPSA) is 12.4 Å². The summed E-state index contributed by atoms with van der Waals surface area (Å²) in [5.41, 5.74) is 6.75. The van der Waals surface area contributed by atoms with Crippen molar-refractivity contribution < 1.29 is 0 Å². The van der Waals surface area contributed by atoms with Crippen molar-refractivity contribution in [2.24, 2.45) is 4.99 Å². The quantitative estimate of drug-likeness (QED) is 0.599. The lowest BCUT2D eigenvalue weighted by Crippen LogP contribution is -2.05. The van der Waals surface area contributed by atoms with Gasteiger partial charge in [-0.15, -0.1) is 0 Å². The molecule has 3 aliphatic rings. The Morgan fingerprint density at radius 2 is 2.27 bits per heavy atom. The summed E-state index contributed by atoms with van der Waals surface area (Å²) in [6.45, 7) is 0. The Morgan fingerprint density at radius 3 is 3.27 bits per heavy atom. The highest BCUT2D eigenvalue weighted by atomic mass is 14.8. The number of hydrogen-bond donors (Lipinski definition) is 0. The summed E-state index contributed by atoms with van der Waals surface area (Å²) >= 11 is 0. The molecule has 0 amide bonds. The normalized spacial score (nSPS) is 24.7. The molecule has 0 spiro atoms. The SMILES string of the molecule is C1=CC2C3=CCCC(=N3)c3cccc2c31. The van der Waals surface area contributed by atoms with Crippen LogP contribution in [0.4, 0.5) is 0 Å². The van der Waals surface area contributed by atoms with Crippen LogP contribution in [-0.4, -0.2) is 5.71 Å². The van der Waals surface area contributed by atoms with E-state index in [1.54, 1.807) is 0 Å². The van der Waals surface area contributed by atoms with Gasteiger partial charge in [-0.1, -0.05) is 36.4 Å². The molecule has 1 atom stereocenters. The van der Waals surface area contributed by atoms with Crippen LogP contribution in [0.25, 0.3) is 6.08 Å². The number of nitrogens with zero attached hydrogens (tertiary/aromatic N) is 1. The van der Waals surface area contributed by atoms with Crippen molar-refractivity contribution in [3.8, 4) is 0 Å². The van der Waals surface area contributed by atoms with Crippen LogP contribution in [0, 0.1) is 0 Å². The van der Waals surface area contributed by atoms with Crippen LogP contribution in [0.2, 0.25) is 0 Å². The third-order valence-electron chi connectivity index (χ3n) is 3.56. The van der Waals surface area contributed by atoms with Crippen LogP contribution in [0.15, 0.2) is 41.0 Å². The first-order valence-electron chi connectivity index (χ1n) is 5.52. The summed E-state index contributed by atoms with van der Waals surface area (Å²) in [7, 11) is 0. The Kier molecular flexibility index (Phi) is 1.26. The van der Waals surface area contributed by atoms with E-state index in [1.807, 2.05) is 0 Å². The van der Waals surface area contributed by atoms with Crippen molar-refractivity contribution in [1.29, 1.82) is 0 Å². The van der Waals surface area contributed by atoms with Gasteiger partial charge in [-0.25, -0.2) is 0 Å². The predicted octanol–water partition coefficient (Wildman–Crippen LogP) is 3.28. The van der Waals surface area contributed by atoms with Gasteiger partial charge >= 0.3 is 0 Å². The lowest BCUT2D eigenvalue weighted by Gasteiger charge is -2.14. The zero-order valence-corrected chi connectivity index (χ0v) is 8.40. The fourth-order valence-corrected chi connectivity index (χ4v) is 2.85. The molecule has 0 fully saturated rings. The van der Waals surface area contributed by atoms with Gasteiger partial charge in [0.15, 0.2) is 0 Å². The smallest absolute Gasteiger partial charge is 0.0488 e. The number of allylic oxidation sites excluding steroid dienone is 2. The van der Waals surface area contributed by atoms with E-state index in [0.29, 0.717) is 5.92 Å². The highest BCUT2D eigenvalue weighted by Gasteiger charge is 2.28. The van der Waals surface area contributed by atoms with Gasteiger partial charge in [-0.3, -0.25) is 4.99 Å². The second-order valence-corrected chi connectivity index (χ2v) is 4.37. The molecular formula is C14H11N. The van der Waals surface area contributed by atoms with Crippen molar-refractivity contribution in [3.63, 3.8) is 0 Å². The molecule has 6 bridgehead atoms. The van der Waals surface area contributed by atoms with Gasteiger partial charge in [0.25, 0.3) is 0 Å². The lowest BCUT2D eigenvalue weighted by atomic mass is 9.96. The fraction of sp³-hybridized carbons (Fsp3) is 0.214. The zero-order chi connectivity index (χ0) is 9.83. The van der Waals surface area contributed by atoms with Gasteiger partial charge in [0, 0.05) is 22.9 Å². The maximum Gasteiger partial charge on any atom is 0.0488 e. The zero-order valence-electron chi connectivity index (χ0n) is 8.40. The molecule has 1 aromatic rings. The molecule has 4 rings (SSSR count). The van der Waals surface area contributed by atoms with Crippen LogP contribution in [0.1, 0.15) is 35.4 Å². The van der Waals surface area contributed by atoms with Crippen molar-refractivity contribution in [2.75, 3.05) is 0 Å². The molecule has 1 aromatic carbocycles. The molecule has 72 valence electrons. The number of fused-ring (bicyclic) bond motifs is 3. The van der Waals surface area contributed by atoms with Crippen LogP contribution in [0.3, 0.4) is 0 Å². The average Bonchev–Trinajstić information content (AvgIpc) is 2.70. The molecule has 0 saturated carbocycles. The van der Waals surface area contributed by atoms with E-state index in [-0.39, 0.29) is 0 Å². The molecule has 0 aromatic heterocycles. The molecular weight excluding hydrogens is 182 g/mol. The van der Waals surface area contributed by atoms with Gasteiger partial charge in [-0.05, 0) is 24.0 Å². The number of aliphatic imine (C=N–C) groups is 1. The van der Waals surface area contributed by atoms with Gasteiger partial charge in [0.1, 0.15) is 0 Å². The van der Waals surface area contributed by atoms with Gasteiger partial charge in [-0.2, -0.15) is 0 Å². The second kappa shape index (κ2) is 2.48. The van der Waals surface area contributed by atoms with Gasteiger partial charge in [0.05, 0.1) is 0 Å². The molecule has 15 heavy (non-hydrogen) atoms. The van der Waals surface area contributed by atoms with E-state index >= 15 is 0 Å². The Labute approximate surface area is 88.8 Å². The third kappa shape index (κ3) is 0.858. The first-order chi connectivity index (χ1) is 7.43. The fourth-order valence-electron chi connectivity index (χ4n) is 2.85. The average molecular weight is 193 g/mol. The summed E-state index contributed by atoms with van der Waals surface area (Å²) in [4.78, 5) is 4.78. The molecule has 2 aliphatic heterocycles. The standard InChI is InChI=1S/C14H11N/c1-3-9-10-7-8-12(9)14-6-2-5-13(15-14)11(10)4-1/h1,3-4,6-8,12H,2,5H2. The van der Waals surface area contributed by atoms with Crippen LogP contribution >= 0.6 is 0 Å². The Balaban J connectivity index is 2.15. The van der Waals surface area contributed by atoms with Crippen LogP contribution in [0.5, 0.6) is 0 Å². The van der Waals surface area contributed by atoms with E-state index in [2.05, 4.69) is 36.4 Å². The molecule has 0 saturated heterocycles. The highest BCUT2D eigenvalue weighted by Crippen LogP contribution is 2.42. The maximum absolute atomic E-state index is 4.78. The van der Waals surface area contributed by atoms with Crippen molar-refractivity contribution in [3.05, 3.63) is 52.7 Å². The number of benzene rings is 1. The van der Waals surface area contributed by atoms with Crippen molar-refractivity contribution in [2.45, 2.75) is 18.8 Å². The molecule has 0 N–H and O–H groups in total. The van der Waals surface area contributed by atoms with E-state index in [0.717, 1.165) is 12.8 Å². The minimum atomic E-state index is 0.428. The Bertz CT molecular complexity index is 546. The summed E-state index contributed by atoms with van der Waals surface area (Å²) < 4.78 is 0. The minimum absolute atomic E-state index is 0.428. The summed E-state index contributed by atoms with van der Waals surface area (Å²) in [6.07, 6.45) is 9.09. The summed E-state index contributed by atoms with van der Waals surface area (Å²) in [5.74, 6) is 0.428. The van der Waals surface area contributed by atoms with E-state index in [4.69, 9.17) is 4.99 Å². The first kappa shape index (κ1) is 7.63. The number of rotatable bonds is 0. The van der Waals surface area contributed by atoms with E-state index in [9.17, 15) is 0 Å². The molecule has 1 nitrogen and oxygen atoms in total. The highest BCUT2D eigenvalue weighted by molar-refractivity contribution is 6.06. The molecule has 1 heteroatoms. The molecule has 2 heterocycles. The number of hydrogen-bond acceptors (Lipinski definition) is 1. The van der Waals surface area contributed by atoms with Crippen LogP contribution in [-0.2, 0) is 0 Å². The molecule has 0 radical (unpaired) electrons.